The highest BCUT2D eigenvalue weighted by Crippen LogP contribution is 2.27. The van der Waals surface area contributed by atoms with Crippen LogP contribution in [0, 0.1) is 5.92 Å². The van der Waals surface area contributed by atoms with Gasteiger partial charge in [-0.25, -0.2) is 0 Å². The number of halogens is 1. The van der Waals surface area contributed by atoms with Crippen LogP contribution in [0.15, 0.2) is 28.7 Å². The molecule has 2 N–H and O–H groups in total. The van der Waals surface area contributed by atoms with Gasteiger partial charge in [0.25, 0.3) is 5.91 Å². The van der Waals surface area contributed by atoms with E-state index < -0.39 is 6.10 Å². The van der Waals surface area contributed by atoms with Crippen LogP contribution in [-0.4, -0.2) is 17.9 Å². The number of nitrogens with one attached hydrogen (secondary N) is 2. The minimum Gasteiger partial charge on any atom is -0.481 e. The molecule has 0 radical (unpaired) electrons. The van der Waals surface area contributed by atoms with Crippen LogP contribution >= 0.6 is 15.9 Å². The first-order valence-electron chi connectivity index (χ1n) is 7.55. The largest absolute Gasteiger partial charge is 0.481 e. The summed E-state index contributed by atoms with van der Waals surface area (Å²) in [7, 11) is 0. The predicted octanol–water partition coefficient (Wildman–Crippen LogP) is 2.94. The third-order valence-electron chi connectivity index (χ3n) is 3.75. The number of carbonyl (C=O) groups excluding carboxylic acids is 2. The van der Waals surface area contributed by atoms with Crippen molar-refractivity contribution < 1.29 is 14.3 Å². The second kappa shape index (κ2) is 8.17. The van der Waals surface area contributed by atoms with E-state index in [4.69, 9.17) is 4.74 Å². The van der Waals surface area contributed by atoms with Crippen molar-refractivity contribution in [2.45, 2.75) is 45.1 Å². The minimum atomic E-state index is -0.693. The van der Waals surface area contributed by atoms with E-state index in [2.05, 4.69) is 26.8 Å². The molecule has 1 aromatic carbocycles. The topological polar surface area (TPSA) is 67.4 Å². The Hall–Kier alpha value is -1.56. The fourth-order valence-corrected chi connectivity index (χ4v) is 2.94. The number of ether oxygens (including phenoxy) is 1. The van der Waals surface area contributed by atoms with Crippen LogP contribution in [0.5, 0.6) is 5.75 Å². The highest BCUT2D eigenvalue weighted by molar-refractivity contribution is 9.10. The molecule has 5 nitrogen and oxygen atoms in total. The maximum absolute atomic E-state index is 11.9. The Morgan fingerprint density at radius 1 is 1.32 bits per heavy atom. The zero-order valence-electron chi connectivity index (χ0n) is 12.6. The normalized spacial score (nSPS) is 16.1. The van der Waals surface area contributed by atoms with Crippen molar-refractivity contribution >= 4 is 27.7 Å². The Kier molecular flexibility index (Phi) is 6.24. The molecule has 0 spiro atoms. The molecule has 22 heavy (non-hydrogen) atoms. The summed E-state index contributed by atoms with van der Waals surface area (Å²) in [6.45, 7) is 1.64. The Morgan fingerprint density at radius 2 is 2.05 bits per heavy atom. The summed E-state index contributed by atoms with van der Waals surface area (Å²) >= 11 is 3.34. The molecule has 1 unspecified atom stereocenters. The molecule has 0 aliphatic heterocycles. The number of carbonyl (C=O) groups is 2. The van der Waals surface area contributed by atoms with E-state index in [1.807, 2.05) is 12.1 Å². The van der Waals surface area contributed by atoms with Crippen LogP contribution < -0.4 is 15.6 Å². The molecule has 0 aromatic heterocycles. The molecule has 6 heteroatoms. The van der Waals surface area contributed by atoms with Gasteiger partial charge in [0.15, 0.2) is 6.10 Å². The quantitative estimate of drug-likeness (QED) is 0.785. The molecule has 1 fully saturated rings. The van der Waals surface area contributed by atoms with E-state index in [-0.39, 0.29) is 11.8 Å². The number of hydrazine groups is 1. The zero-order valence-corrected chi connectivity index (χ0v) is 14.2. The summed E-state index contributed by atoms with van der Waals surface area (Å²) < 4.78 is 6.41. The van der Waals surface area contributed by atoms with E-state index in [1.54, 1.807) is 19.1 Å². The maximum atomic E-state index is 11.9. The molecule has 2 rings (SSSR count). The molecule has 0 heterocycles. The van der Waals surface area contributed by atoms with Gasteiger partial charge in [-0.05, 0) is 43.9 Å². The molecular formula is C16H21BrN2O3. The summed E-state index contributed by atoms with van der Waals surface area (Å²) in [5.74, 6) is 0.524. The van der Waals surface area contributed by atoms with Gasteiger partial charge < -0.3 is 4.74 Å². The second-order valence-electron chi connectivity index (χ2n) is 5.61. The molecular weight excluding hydrogens is 348 g/mol. The fraction of sp³-hybridized carbons (Fsp3) is 0.500. The average Bonchev–Trinajstić information content (AvgIpc) is 2.97. The lowest BCUT2D eigenvalue weighted by Gasteiger charge is -2.16. The molecule has 0 saturated heterocycles. The van der Waals surface area contributed by atoms with Gasteiger partial charge in [0, 0.05) is 10.9 Å². The smallest absolute Gasteiger partial charge is 0.279 e. The number of rotatable bonds is 5. The number of benzene rings is 1. The van der Waals surface area contributed by atoms with Crippen molar-refractivity contribution in [1.82, 2.24) is 10.9 Å². The van der Waals surface area contributed by atoms with Crippen molar-refractivity contribution in [1.29, 1.82) is 0 Å². The average molecular weight is 369 g/mol. The summed E-state index contributed by atoms with van der Waals surface area (Å²) in [4.78, 5) is 23.7. The number of amides is 2. The Bertz CT molecular complexity index is 530. The lowest BCUT2D eigenvalue weighted by molar-refractivity contribution is -0.133. The van der Waals surface area contributed by atoms with Crippen molar-refractivity contribution in [2.75, 3.05) is 0 Å². The Morgan fingerprint density at radius 3 is 2.73 bits per heavy atom. The van der Waals surface area contributed by atoms with Gasteiger partial charge in [-0.2, -0.15) is 0 Å². The predicted molar refractivity (Wildman–Crippen MR) is 87.1 cm³/mol. The summed E-state index contributed by atoms with van der Waals surface area (Å²) in [5.41, 5.74) is 4.88. The minimum absolute atomic E-state index is 0.144. The molecule has 1 aromatic rings. The van der Waals surface area contributed by atoms with E-state index in [0.29, 0.717) is 18.1 Å². The van der Waals surface area contributed by atoms with E-state index >= 15 is 0 Å². The highest BCUT2D eigenvalue weighted by atomic mass is 79.9. The van der Waals surface area contributed by atoms with Crippen LogP contribution in [0.25, 0.3) is 0 Å². The van der Waals surface area contributed by atoms with Gasteiger partial charge in [-0.15, -0.1) is 0 Å². The summed E-state index contributed by atoms with van der Waals surface area (Å²) in [6, 6.07) is 7.25. The van der Waals surface area contributed by atoms with Gasteiger partial charge in [-0.1, -0.05) is 34.8 Å². The maximum Gasteiger partial charge on any atom is 0.279 e. The first kappa shape index (κ1) is 16.8. The van der Waals surface area contributed by atoms with Gasteiger partial charge in [0.2, 0.25) is 5.91 Å². The zero-order chi connectivity index (χ0) is 15.9. The Labute approximate surface area is 138 Å². The second-order valence-corrected chi connectivity index (χ2v) is 6.53. The number of hydrogen-bond acceptors (Lipinski definition) is 3. The molecule has 1 aliphatic carbocycles. The molecule has 1 saturated carbocycles. The summed E-state index contributed by atoms with van der Waals surface area (Å²) in [6.07, 6.45) is 4.37. The van der Waals surface area contributed by atoms with Crippen LogP contribution in [0.3, 0.4) is 0 Å². The first-order chi connectivity index (χ1) is 10.5. The van der Waals surface area contributed by atoms with Gasteiger partial charge in [0.1, 0.15) is 5.75 Å². The van der Waals surface area contributed by atoms with Crippen LogP contribution in [0.1, 0.15) is 39.0 Å². The van der Waals surface area contributed by atoms with Crippen molar-refractivity contribution in [3.05, 3.63) is 28.7 Å². The van der Waals surface area contributed by atoms with Crippen molar-refractivity contribution in [3.63, 3.8) is 0 Å². The molecule has 2 amide bonds. The van der Waals surface area contributed by atoms with E-state index in [0.717, 1.165) is 17.3 Å². The summed E-state index contributed by atoms with van der Waals surface area (Å²) in [5, 5.41) is 0. The van der Waals surface area contributed by atoms with Crippen molar-refractivity contribution in [3.8, 4) is 5.75 Å². The van der Waals surface area contributed by atoms with Crippen LogP contribution in [0.2, 0.25) is 0 Å². The molecule has 120 valence electrons. The molecule has 1 aliphatic rings. The van der Waals surface area contributed by atoms with Gasteiger partial charge >= 0.3 is 0 Å². The Balaban J connectivity index is 1.72. The first-order valence-corrected chi connectivity index (χ1v) is 8.35. The third-order valence-corrected chi connectivity index (χ3v) is 4.25. The lowest BCUT2D eigenvalue weighted by atomic mass is 10.0. The SMILES string of the molecule is CC(Oc1cccc(Br)c1)C(=O)NNC(=O)CC1CCCC1. The molecule has 0 bridgehead atoms. The highest BCUT2D eigenvalue weighted by Gasteiger charge is 2.20. The van der Waals surface area contributed by atoms with Gasteiger partial charge in [0.05, 0.1) is 0 Å². The van der Waals surface area contributed by atoms with E-state index in [9.17, 15) is 9.59 Å². The fourth-order valence-electron chi connectivity index (χ4n) is 2.56. The van der Waals surface area contributed by atoms with Crippen LogP contribution in [0.4, 0.5) is 0 Å². The standard InChI is InChI=1S/C16H21BrN2O3/c1-11(22-14-8-4-7-13(17)10-14)16(21)19-18-15(20)9-12-5-2-3-6-12/h4,7-8,10-12H,2-3,5-6,9H2,1H3,(H,18,20)(H,19,21). The van der Waals surface area contributed by atoms with Crippen LogP contribution in [-0.2, 0) is 9.59 Å². The lowest BCUT2D eigenvalue weighted by Crippen LogP contribution is -2.47. The van der Waals surface area contributed by atoms with E-state index in [1.165, 1.54) is 12.8 Å². The van der Waals surface area contributed by atoms with Gasteiger partial charge in [-0.3, -0.25) is 20.4 Å². The molecule has 1 atom stereocenters. The monoisotopic (exact) mass is 368 g/mol. The number of hydrogen-bond donors (Lipinski definition) is 2. The van der Waals surface area contributed by atoms with Crippen molar-refractivity contribution in [2.24, 2.45) is 5.92 Å². The third kappa shape index (κ3) is 5.33.